The molecule has 3 aromatic carbocycles. The van der Waals surface area contributed by atoms with Crippen molar-refractivity contribution in [2.24, 2.45) is 0 Å². The average Bonchev–Trinajstić information content (AvgIpc) is 3.39. The zero-order valence-corrected chi connectivity index (χ0v) is 21.2. The average molecular weight is 532 g/mol. The Morgan fingerprint density at radius 1 is 1.00 bits per heavy atom. The van der Waals surface area contributed by atoms with Crippen LogP contribution in [0.5, 0.6) is 0 Å². The van der Waals surface area contributed by atoms with Crippen LogP contribution >= 0.6 is 15.9 Å². The Labute approximate surface area is 213 Å². The van der Waals surface area contributed by atoms with Gasteiger partial charge in [0.05, 0.1) is 5.56 Å². The summed E-state index contributed by atoms with van der Waals surface area (Å²) in [6, 6.07) is 26.9. The maximum atomic E-state index is 12.7. The normalized spacial score (nSPS) is 13.3. The molecule has 0 saturated heterocycles. The number of nitrogens with one attached hydrogen (secondary N) is 1. The molecule has 1 N–H and O–H groups in total. The molecule has 0 aliphatic heterocycles. The molecule has 178 valence electrons. The summed E-state index contributed by atoms with van der Waals surface area (Å²) < 4.78 is 12.6. The van der Waals surface area contributed by atoms with E-state index in [1.54, 1.807) is 24.3 Å². The number of esters is 1. The lowest BCUT2D eigenvalue weighted by molar-refractivity contribution is 0.0341. The van der Waals surface area contributed by atoms with E-state index in [0.29, 0.717) is 23.9 Å². The highest BCUT2D eigenvalue weighted by Crippen LogP contribution is 2.25. The van der Waals surface area contributed by atoms with E-state index in [9.17, 15) is 4.79 Å². The van der Waals surface area contributed by atoms with Crippen LogP contribution in [-0.4, -0.2) is 22.8 Å². The second-order valence-corrected chi connectivity index (χ2v) is 9.32. The van der Waals surface area contributed by atoms with Gasteiger partial charge in [-0.1, -0.05) is 76.6 Å². The number of hydrogen-bond donors (Lipinski definition) is 1. The Bertz CT molecular complexity index is 1290. The Hall–Kier alpha value is -3.55. The van der Waals surface area contributed by atoms with Crippen LogP contribution in [-0.2, 0) is 16.8 Å². The Morgan fingerprint density at radius 2 is 1.66 bits per heavy atom. The van der Waals surface area contributed by atoms with Crippen molar-refractivity contribution in [3.8, 4) is 0 Å². The summed E-state index contributed by atoms with van der Waals surface area (Å²) in [6.07, 6.45) is 1.99. The van der Waals surface area contributed by atoms with Gasteiger partial charge in [-0.2, -0.15) is 0 Å². The summed E-state index contributed by atoms with van der Waals surface area (Å²) in [5.74, 6) is 0.328. The zero-order valence-electron chi connectivity index (χ0n) is 19.6. The number of ether oxygens (including phenoxy) is 1. The first-order chi connectivity index (χ1) is 16.9. The van der Waals surface area contributed by atoms with Gasteiger partial charge in [0, 0.05) is 16.6 Å². The summed E-state index contributed by atoms with van der Waals surface area (Å²) in [5.41, 5.74) is 2.52. The van der Waals surface area contributed by atoms with Crippen molar-refractivity contribution in [2.75, 3.05) is 6.61 Å². The number of carbonyl (C=O) groups excluding carboxylic acids is 1. The molecule has 4 aromatic rings. The molecule has 0 spiro atoms. The van der Waals surface area contributed by atoms with Gasteiger partial charge >= 0.3 is 5.97 Å². The van der Waals surface area contributed by atoms with Crippen LogP contribution in [0.4, 0.5) is 0 Å². The monoisotopic (exact) mass is 531 g/mol. The van der Waals surface area contributed by atoms with Crippen molar-refractivity contribution < 1.29 is 13.9 Å². The van der Waals surface area contributed by atoms with Crippen molar-refractivity contribution in [2.45, 2.75) is 25.9 Å². The van der Waals surface area contributed by atoms with Crippen LogP contribution in [0.1, 0.15) is 47.1 Å². The van der Waals surface area contributed by atoms with Crippen molar-refractivity contribution >= 4 is 33.5 Å². The highest BCUT2D eigenvalue weighted by Gasteiger charge is 2.34. The molecule has 0 aliphatic carbocycles. The Morgan fingerprint density at radius 3 is 2.34 bits per heavy atom. The van der Waals surface area contributed by atoms with E-state index in [-0.39, 0.29) is 6.61 Å². The molecule has 0 aliphatic rings. The predicted molar refractivity (Wildman–Crippen MR) is 139 cm³/mol. The third-order valence-electron chi connectivity index (χ3n) is 5.51. The highest BCUT2D eigenvalue weighted by molar-refractivity contribution is 9.10. The number of carbonyl (C=O) groups is 1. The lowest BCUT2D eigenvalue weighted by Crippen LogP contribution is -2.44. The molecule has 0 radical (unpaired) electrons. The fourth-order valence-corrected chi connectivity index (χ4v) is 3.69. The fourth-order valence-electron chi connectivity index (χ4n) is 3.43. The first-order valence-corrected chi connectivity index (χ1v) is 12.0. The first kappa shape index (κ1) is 24.6. The fraction of sp³-hybridized carbons (Fsp3) is 0.179. The van der Waals surface area contributed by atoms with Gasteiger partial charge in [0.25, 0.3) is 0 Å². The maximum Gasteiger partial charge on any atom is 0.338 e. The van der Waals surface area contributed by atoms with Gasteiger partial charge in [-0.15, -0.1) is 10.2 Å². The van der Waals surface area contributed by atoms with E-state index in [2.05, 4.69) is 31.4 Å². The summed E-state index contributed by atoms with van der Waals surface area (Å²) in [7, 11) is 0. The molecule has 1 aromatic heterocycles. The summed E-state index contributed by atoms with van der Waals surface area (Å²) in [6.45, 7) is 4.35. The number of halogens is 1. The number of aromatic nitrogens is 2. The van der Waals surface area contributed by atoms with Crippen LogP contribution in [0.3, 0.4) is 0 Å². The minimum Gasteiger partial charge on any atom is -0.460 e. The molecule has 0 amide bonds. The largest absolute Gasteiger partial charge is 0.460 e. The topological polar surface area (TPSA) is 77.2 Å². The van der Waals surface area contributed by atoms with Gasteiger partial charge in [0.2, 0.25) is 11.8 Å². The van der Waals surface area contributed by atoms with Crippen LogP contribution < -0.4 is 5.32 Å². The van der Waals surface area contributed by atoms with Gasteiger partial charge in [-0.25, -0.2) is 4.79 Å². The predicted octanol–water partition coefficient (Wildman–Crippen LogP) is 6.25. The maximum absolute atomic E-state index is 12.7. The Kier molecular flexibility index (Phi) is 7.90. The van der Waals surface area contributed by atoms with Crippen molar-refractivity contribution in [3.63, 3.8) is 0 Å². The smallest absolute Gasteiger partial charge is 0.338 e. The van der Waals surface area contributed by atoms with E-state index in [1.165, 1.54) is 0 Å². The van der Waals surface area contributed by atoms with Crippen molar-refractivity contribution in [1.82, 2.24) is 15.5 Å². The van der Waals surface area contributed by atoms with E-state index < -0.39 is 11.5 Å². The van der Waals surface area contributed by atoms with Gasteiger partial charge in [-0.05, 0) is 55.3 Å². The third-order valence-corrected chi connectivity index (χ3v) is 6.04. The van der Waals surface area contributed by atoms with Crippen molar-refractivity contribution in [1.29, 1.82) is 0 Å². The molecule has 7 heteroatoms. The lowest BCUT2D eigenvalue weighted by atomic mass is 10.0. The second kappa shape index (κ2) is 11.3. The molecule has 0 saturated carbocycles. The molecule has 4 rings (SSSR count). The van der Waals surface area contributed by atoms with Gasteiger partial charge < -0.3 is 9.15 Å². The third kappa shape index (κ3) is 6.53. The molecule has 6 nitrogen and oxygen atoms in total. The van der Waals surface area contributed by atoms with Gasteiger partial charge in [0.1, 0.15) is 12.1 Å². The molecule has 0 fully saturated rings. The molecule has 1 unspecified atom stereocenters. The van der Waals surface area contributed by atoms with E-state index in [0.717, 1.165) is 21.2 Å². The number of allylic oxidation sites excluding steroid dienone is 1. The van der Waals surface area contributed by atoms with Crippen molar-refractivity contribution in [3.05, 3.63) is 118 Å². The van der Waals surface area contributed by atoms with Crippen LogP contribution in [0.25, 0.3) is 11.6 Å². The number of nitrogens with zero attached hydrogens (tertiary/aromatic N) is 2. The minimum atomic E-state index is -0.904. The number of rotatable bonds is 9. The Balaban J connectivity index is 1.55. The molecule has 0 bridgehead atoms. The van der Waals surface area contributed by atoms with Crippen LogP contribution in [0.2, 0.25) is 0 Å². The molecular formula is C28H26BrN3O3. The summed E-state index contributed by atoms with van der Waals surface area (Å²) >= 11 is 3.38. The molecule has 1 atom stereocenters. The standard InChI is InChI=1S/C28H26BrN3O3/c1-20(17-21-9-5-3-6-10-21)25-31-32-27(35-25)28(2,30-18-22-11-7-4-8-12-22)19-34-26(33)23-13-15-24(29)16-14-23/h3-17,30H,18-19H2,1-2H3/b20-17+. The number of benzene rings is 3. The quantitative estimate of drug-likeness (QED) is 0.257. The zero-order chi connectivity index (χ0) is 24.7. The molecular weight excluding hydrogens is 506 g/mol. The van der Waals surface area contributed by atoms with Gasteiger partial charge in [-0.3, -0.25) is 5.32 Å². The summed E-state index contributed by atoms with van der Waals surface area (Å²) in [4.78, 5) is 12.7. The van der Waals surface area contributed by atoms with Crippen LogP contribution in [0, 0.1) is 0 Å². The van der Waals surface area contributed by atoms with E-state index in [4.69, 9.17) is 9.15 Å². The van der Waals surface area contributed by atoms with E-state index >= 15 is 0 Å². The first-order valence-electron chi connectivity index (χ1n) is 11.2. The molecule has 1 heterocycles. The SMILES string of the molecule is C/C(=C\c1ccccc1)c1nnc(C(C)(COC(=O)c2ccc(Br)cc2)NCc2ccccc2)o1. The lowest BCUT2D eigenvalue weighted by Gasteiger charge is -2.27. The second-order valence-electron chi connectivity index (χ2n) is 8.40. The minimum absolute atomic E-state index is 0.0117. The van der Waals surface area contributed by atoms with E-state index in [1.807, 2.05) is 80.6 Å². The summed E-state index contributed by atoms with van der Waals surface area (Å²) in [5, 5.41) is 12.0. The molecule has 35 heavy (non-hydrogen) atoms. The van der Waals surface area contributed by atoms with Crippen LogP contribution in [0.15, 0.2) is 93.8 Å². The number of hydrogen-bond acceptors (Lipinski definition) is 6. The van der Waals surface area contributed by atoms with Gasteiger partial charge in [0.15, 0.2) is 0 Å². The highest BCUT2D eigenvalue weighted by atomic mass is 79.9.